The van der Waals surface area contributed by atoms with Crippen LogP contribution in [0.1, 0.15) is 6.92 Å². The molecule has 1 aliphatic carbocycles. The fraction of sp³-hybridized carbons (Fsp3) is 0.273. The molecule has 0 aliphatic heterocycles. The van der Waals surface area contributed by atoms with Crippen LogP contribution in [-0.4, -0.2) is 22.5 Å². The van der Waals surface area contributed by atoms with E-state index in [0.29, 0.717) is 0 Å². The first-order valence-electron chi connectivity index (χ1n) is 4.43. The Morgan fingerprint density at radius 1 is 1.53 bits per heavy atom. The van der Waals surface area contributed by atoms with Crippen LogP contribution in [0.3, 0.4) is 0 Å². The maximum atomic E-state index is 11.4. The molecule has 1 aliphatic rings. The summed E-state index contributed by atoms with van der Waals surface area (Å²) >= 11 is 0. The Labute approximate surface area is 87.5 Å². The highest BCUT2D eigenvalue weighted by molar-refractivity contribution is 5.94. The van der Waals surface area contributed by atoms with Crippen molar-refractivity contribution in [1.29, 1.82) is 0 Å². The van der Waals surface area contributed by atoms with Gasteiger partial charge in [0.25, 0.3) is 0 Å². The Morgan fingerprint density at radius 2 is 2.20 bits per heavy atom. The molecule has 80 valence electrons. The number of allylic oxidation sites excluding steroid dienone is 2. The average Bonchev–Trinajstić information content (AvgIpc) is 2.18. The predicted molar refractivity (Wildman–Crippen MR) is 53.7 cm³/mol. The van der Waals surface area contributed by atoms with Gasteiger partial charge in [-0.15, -0.1) is 0 Å². The number of ether oxygens (including phenoxy) is 1. The molecule has 15 heavy (non-hydrogen) atoms. The van der Waals surface area contributed by atoms with Crippen LogP contribution in [0.15, 0.2) is 37.1 Å². The van der Waals surface area contributed by atoms with Crippen LogP contribution in [0.5, 0.6) is 0 Å². The van der Waals surface area contributed by atoms with Crippen molar-refractivity contribution in [3.63, 3.8) is 0 Å². The number of rotatable bonds is 3. The molecule has 0 radical (unpaired) electrons. The van der Waals surface area contributed by atoms with Gasteiger partial charge in [-0.25, -0.2) is 0 Å². The molecule has 2 unspecified atom stereocenters. The van der Waals surface area contributed by atoms with E-state index in [9.17, 15) is 14.7 Å². The minimum absolute atomic E-state index is 0.505. The SMILES string of the molecule is C=COC(=O)C1C=CC=CC1(O)C(C)=O. The summed E-state index contributed by atoms with van der Waals surface area (Å²) in [6.07, 6.45) is 6.76. The summed E-state index contributed by atoms with van der Waals surface area (Å²) in [5.41, 5.74) is -1.81. The maximum Gasteiger partial charge on any atom is 0.321 e. The number of aliphatic hydroxyl groups is 1. The normalized spacial score (nSPS) is 28.5. The highest BCUT2D eigenvalue weighted by Gasteiger charge is 2.43. The van der Waals surface area contributed by atoms with Gasteiger partial charge in [0.2, 0.25) is 0 Å². The molecule has 0 amide bonds. The lowest BCUT2D eigenvalue weighted by molar-refractivity contribution is -0.153. The number of hydrogen-bond acceptors (Lipinski definition) is 4. The first-order chi connectivity index (χ1) is 7.02. The molecule has 1 N–H and O–H groups in total. The van der Waals surface area contributed by atoms with E-state index in [-0.39, 0.29) is 0 Å². The smallest absolute Gasteiger partial charge is 0.321 e. The van der Waals surface area contributed by atoms with Crippen molar-refractivity contribution in [2.24, 2.45) is 5.92 Å². The first-order valence-corrected chi connectivity index (χ1v) is 4.43. The number of carbonyl (C=O) groups excluding carboxylic acids is 2. The first kappa shape index (κ1) is 11.4. The van der Waals surface area contributed by atoms with Crippen LogP contribution >= 0.6 is 0 Å². The summed E-state index contributed by atoms with van der Waals surface area (Å²) in [6.45, 7) is 4.46. The van der Waals surface area contributed by atoms with Gasteiger partial charge in [0.05, 0.1) is 6.26 Å². The lowest BCUT2D eigenvalue weighted by Crippen LogP contribution is -2.46. The van der Waals surface area contributed by atoms with Gasteiger partial charge in [-0.2, -0.15) is 0 Å². The van der Waals surface area contributed by atoms with Crippen LogP contribution in [0.2, 0.25) is 0 Å². The van der Waals surface area contributed by atoms with Crippen LogP contribution in [0, 0.1) is 5.92 Å². The van der Waals surface area contributed by atoms with Gasteiger partial charge >= 0.3 is 5.97 Å². The summed E-state index contributed by atoms with van der Waals surface area (Å²) in [6, 6.07) is 0. The van der Waals surface area contributed by atoms with Crippen molar-refractivity contribution in [3.8, 4) is 0 Å². The Kier molecular flexibility index (Phi) is 3.21. The Hall–Kier alpha value is -1.68. The second-order valence-electron chi connectivity index (χ2n) is 3.21. The summed E-state index contributed by atoms with van der Waals surface area (Å²) in [5.74, 6) is -2.23. The van der Waals surface area contributed by atoms with Gasteiger partial charge < -0.3 is 9.84 Å². The van der Waals surface area contributed by atoms with Crippen molar-refractivity contribution < 1.29 is 19.4 Å². The largest absolute Gasteiger partial charge is 0.435 e. The molecule has 0 heterocycles. The molecule has 0 spiro atoms. The number of carbonyl (C=O) groups is 2. The maximum absolute atomic E-state index is 11.4. The Morgan fingerprint density at radius 3 is 2.73 bits per heavy atom. The van der Waals surface area contributed by atoms with Gasteiger partial charge in [0, 0.05) is 0 Å². The Balaban J connectivity index is 3.00. The second kappa shape index (κ2) is 4.23. The molecule has 4 nitrogen and oxygen atoms in total. The van der Waals surface area contributed by atoms with E-state index in [1.807, 2.05) is 0 Å². The lowest BCUT2D eigenvalue weighted by atomic mass is 9.81. The van der Waals surface area contributed by atoms with E-state index >= 15 is 0 Å². The third kappa shape index (κ3) is 2.05. The van der Waals surface area contributed by atoms with Crippen LogP contribution in [0.4, 0.5) is 0 Å². The number of Topliss-reactive ketones (excluding diaryl/α,β-unsaturated/α-hetero) is 1. The highest BCUT2D eigenvalue weighted by atomic mass is 16.5. The number of esters is 1. The van der Waals surface area contributed by atoms with E-state index in [2.05, 4.69) is 11.3 Å². The second-order valence-corrected chi connectivity index (χ2v) is 3.21. The number of hydrogen-bond donors (Lipinski definition) is 1. The molecular formula is C11H12O4. The molecule has 2 atom stereocenters. The van der Waals surface area contributed by atoms with E-state index in [0.717, 1.165) is 6.26 Å². The lowest BCUT2D eigenvalue weighted by Gasteiger charge is -2.28. The molecular weight excluding hydrogens is 196 g/mol. The molecule has 0 aromatic carbocycles. The topological polar surface area (TPSA) is 63.6 Å². The summed E-state index contributed by atoms with van der Waals surface area (Å²) in [4.78, 5) is 22.7. The molecule has 0 fully saturated rings. The quantitative estimate of drug-likeness (QED) is 0.548. The molecule has 1 rings (SSSR count). The predicted octanol–water partition coefficient (Wildman–Crippen LogP) is 0.735. The van der Waals surface area contributed by atoms with Crippen molar-refractivity contribution in [2.45, 2.75) is 12.5 Å². The molecule has 0 aromatic rings. The van der Waals surface area contributed by atoms with Gasteiger partial charge in [-0.3, -0.25) is 9.59 Å². The monoisotopic (exact) mass is 208 g/mol. The summed E-state index contributed by atoms with van der Waals surface area (Å²) in [7, 11) is 0. The average molecular weight is 208 g/mol. The van der Waals surface area contributed by atoms with Gasteiger partial charge in [0.1, 0.15) is 5.92 Å². The van der Waals surface area contributed by atoms with E-state index in [4.69, 9.17) is 0 Å². The fourth-order valence-corrected chi connectivity index (χ4v) is 1.38. The zero-order valence-corrected chi connectivity index (χ0v) is 8.34. The zero-order chi connectivity index (χ0) is 11.5. The van der Waals surface area contributed by atoms with Crippen LogP contribution < -0.4 is 0 Å². The number of ketones is 1. The third-order valence-electron chi connectivity index (χ3n) is 2.26. The molecule has 0 aromatic heterocycles. The van der Waals surface area contributed by atoms with Crippen LogP contribution in [-0.2, 0) is 14.3 Å². The molecule has 0 saturated carbocycles. The Bertz CT molecular complexity index is 354. The third-order valence-corrected chi connectivity index (χ3v) is 2.26. The van der Waals surface area contributed by atoms with Crippen molar-refractivity contribution in [3.05, 3.63) is 37.1 Å². The summed E-state index contributed by atoms with van der Waals surface area (Å²) < 4.78 is 4.55. The van der Waals surface area contributed by atoms with E-state index in [1.54, 1.807) is 6.08 Å². The molecule has 0 bridgehead atoms. The molecule has 4 heteroatoms. The minimum atomic E-state index is -1.81. The van der Waals surface area contributed by atoms with E-state index in [1.165, 1.54) is 25.2 Å². The van der Waals surface area contributed by atoms with Gasteiger partial charge in [-0.1, -0.05) is 24.8 Å². The van der Waals surface area contributed by atoms with Crippen molar-refractivity contribution in [2.75, 3.05) is 0 Å². The zero-order valence-electron chi connectivity index (χ0n) is 8.34. The van der Waals surface area contributed by atoms with Gasteiger partial charge in [-0.05, 0) is 13.0 Å². The minimum Gasteiger partial charge on any atom is -0.435 e. The summed E-state index contributed by atoms with van der Waals surface area (Å²) in [5, 5.41) is 9.98. The van der Waals surface area contributed by atoms with Crippen LogP contribution in [0.25, 0.3) is 0 Å². The van der Waals surface area contributed by atoms with Crippen molar-refractivity contribution in [1.82, 2.24) is 0 Å². The fourth-order valence-electron chi connectivity index (χ4n) is 1.38. The standard InChI is InChI=1S/C11H12O4/c1-3-15-10(13)9-6-4-5-7-11(9,14)8(2)12/h3-7,9,14H,1H2,2H3. The highest BCUT2D eigenvalue weighted by Crippen LogP contribution is 2.26. The van der Waals surface area contributed by atoms with E-state index < -0.39 is 23.3 Å². The molecule has 0 saturated heterocycles. The van der Waals surface area contributed by atoms with Gasteiger partial charge in [0.15, 0.2) is 11.4 Å². The van der Waals surface area contributed by atoms with Crippen molar-refractivity contribution >= 4 is 11.8 Å².